The summed E-state index contributed by atoms with van der Waals surface area (Å²) in [6.45, 7) is 2.93. The molecule has 4 heteroatoms. The van der Waals surface area contributed by atoms with Crippen LogP contribution in [-0.2, 0) is 0 Å². The molecule has 0 heterocycles. The molecular weight excluding hydrogens is 263 g/mol. The van der Waals surface area contributed by atoms with Crippen molar-refractivity contribution in [2.45, 2.75) is 76.9 Å². The van der Waals surface area contributed by atoms with Gasteiger partial charge in [-0.1, -0.05) is 32.6 Å². The summed E-state index contributed by atoms with van der Waals surface area (Å²) in [5.41, 5.74) is 0. The highest BCUT2D eigenvalue weighted by atomic mass is 19.4. The normalized spacial score (nSPS) is 30.6. The molecule has 0 bridgehead atoms. The van der Waals surface area contributed by atoms with Crippen molar-refractivity contribution in [3.05, 3.63) is 0 Å². The van der Waals surface area contributed by atoms with E-state index in [1.807, 2.05) is 0 Å². The van der Waals surface area contributed by atoms with E-state index in [1.165, 1.54) is 12.8 Å². The second-order valence-electron chi connectivity index (χ2n) is 6.62. The molecule has 0 aliphatic heterocycles. The molecule has 2 fully saturated rings. The highest BCUT2D eigenvalue weighted by Crippen LogP contribution is 2.46. The summed E-state index contributed by atoms with van der Waals surface area (Å²) in [6.07, 6.45) is 4.39. The van der Waals surface area contributed by atoms with Crippen LogP contribution in [0.2, 0.25) is 0 Å². The highest BCUT2D eigenvalue weighted by molar-refractivity contribution is 4.93. The number of hydrogen-bond donors (Lipinski definition) is 1. The third-order valence-corrected chi connectivity index (χ3v) is 5.24. The Kier molecular flexibility index (Phi) is 5.76. The Morgan fingerprint density at radius 2 is 1.60 bits per heavy atom. The van der Waals surface area contributed by atoms with Crippen LogP contribution in [0.4, 0.5) is 13.2 Å². The molecule has 20 heavy (non-hydrogen) atoms. The van der Waals surface area contributed by atoms with E-state index in [2.05, 4.69) is 12.2 Å². The number of halogens is 3. The fraction of sp³-hybridized carbons (Fsp3) is 1.00. The zero-order valence-corrected chi connectivity index (χ0v) is 12.5. The highest BCUT2D eigenvalue weighted by Gasteiger charge is 2.49. The van der Waals surface area contributed by atoms with E-state index in [0.717, 1.165) is 45.1 Å². The number of nitrogens with one attached hydrogen (secondary N) is 1. The Hall–Kier alpha value is -0.250. The fourth-order valence-corrected chi connectivity index (χ4v) is 4.29. The Morgan fingerprint density at radius 3 is 2.20 bits per heavy atom. The van der Waals surface area contributed by atoms with Crippen LogP contribution in [0.25, 0.3) is 0 Å². The van der Waals surface area contributed by atoms with E-state index in [0.29, 0.717) is 12.3 Å². The SMILES string of the molecule is CCCNC(C1CCCC1)C1CCCCC1C(F)(F)F. The maximum Gasteiger partial charge on any atom is 0.392 e. The Balaban J connectivity index is 2.11. The molecule has 0 spiro atoms. The lowest BCUT2D eigenvalue weighted by molar-refractivity contribution is -0.200. The molecule has 2 saturated carbocycles. The van der Waals surface area contributed by atoms with Gasteiger partial charge in [0.05, 0.1) is 5.92 Å². The van der Waals surface area contributed by atoms with Crippen LogP contribution in [0, 0.1) is 17.8 Å². The lowest BCUT2D eigenvalue weighted by Gasteiger charge is -2.41. The van der Waals surface area contributed by atoms with Crippen molar-refractivity contribution in [2.75, 3.05) is 6.54 Å². The first-order valence-electron chi connectivity index (χ1n) is 8.34. The summed E-state index contributed by atoms with van der Waals surface area (Å²) in [5.74, 6) is -0.806. The molecule has 0 aromatic rings. The first-order chi connectivity index (χ1) is 9.54. The molecule has 0 radical (unpaired) electrons. The zero-order valence-electron chi connectivity index (χ0n) is 12.5. The van der Waals surface area contributed by atoms with Crippen molar-refractivity contribution in [3.63, 3.8) is 0 Å². The summed E-state index contributed by atoms with van der Waals surface area (Å²) in [6, 6.07) is 0.0874. The van der Waals surface area contributed by atoms with E-state index in [1.54, 1.807) is 0 Å². The van der Waals surface area contributed by atoms with Crippen molar-refractivity contribution in [1.82, 2.24) is 5.32 Å². The van der Waals surface area contributed by atoms with E-state index < -0.39 is 12.1 Å². The molecule has 1 nitrogen and oxygen atoms in total. The topological polar surface area (TPSA) is 12.0 Å². The van der Waals surface area contributed by atoms with Gasteiger partial charge in [0.25, 0.3) is 0 Å². The van der Waals surface area contributed by atoms with Crippen LogP contribution in [0.1, 0.15) is 64.7 Å². The second-order valence-corrected chi connectivity index (χ2v) is 6.62. The Labute approximate surface area is 120 Å². The predicted octanol–water partition coefficient (Wildman–Crippen LogP) is 4.91. The van der Waals surface area contributed by atoms with Gasteiger partial charge in [0, 0.05) is 6.04 Å². The third-order valence-electron chi connectivity index (χ3n) is 5.24. The van der Waals surface area contributed by atoms with Gasteiger partial charge in [-0.25, -0.2) is 0 Å². The van der Waals surface area contributed by atoms with Crippen LogP contribution in [0.5, 0.6) is 0 Å². The first kappa shape index (κ1) is 16.1. The smallest absolute Gasteiger partial charge is 0.313 e. The molecule has 3 unspecified atom stereocenters. The first-order valence-corrected chi connectivity index (χ1v) is 8.34. The fourth-order valence-electron chi connectivity index (χ4n) is 4.29. The number of hydrogen-bond acceptors (Lipinski definition) is 1. The van der Waals surface area contributed by atoms with Crippen LogP contribution < -0.4 is 5.32 Å². The van der Waals surface area contributed by atoms with Gasteiger partial charge < -0.3 is 5.32 Å². The van der Waals surface area contributed by atoms with E-state index >= 15 is 0 Å². The quantitative estimate of drug-likeness (QED) is 0.758. The number of alkyl halides is 3. The van der Waals surface area contributed by atoms with Crippen molar-refractivity contribution in [3.8, 4) is 0 Å². The zero-order chi connectivity index (χ0) is 14.6. The maximum atomic E-state index is 13.3. The molecule has 118 valence electrons. The molecule has 0 aromatic carbocycles. The summed E-state index contributed by atoms with van der Waals surface area (Å²) < 4.78 is 40.0. The minimum absolute atomic E-state index is 0.0874. The lowest BCUT2D eigenvalue weighted by atomic mass is 9.71. The summed E-state index contributed by atoms with van der Waals surface area (Å²) >= 11 is 0. The van der Waals surface area contributed by atoms with Gasteiger partial charge in [0.1, 0.15) is 0 Å². The molecular formula is C16H28F3N. The van der Waals surface area contributed by atoms with Crippen LogP contribution in [0.15, 0.2) is 0 Å². The average molecular weight is 291 g/mol. The molecule has 2 aliphatic carbocycles. The molecule has 2 rings (SSSR count). The van der Waals surface area contributed by atoms with Gasteiger partial charge in [-0.15, -0.1) is 0 Å². The minimum atomic E-state index is -4.02. The molecule has 0 saturated heterocycles. The van der Waals surface area contributed by atoms with Gasteiger partial charge in [-0.05, 0) is 50.5 Å². The summed E-state index contributed by atoms with van der Waals surface area (Å²) in [5, 5.41) is 3.48. The maximum absolute atomic E-state index is 13.3. The molecule has 2 aliphatic rings. The van der Waals surface area contributed by atoms with E-state index in [-0.39, 0.29) is 12.0 Å². The molecule has 1 N–H and O–H groups in total. The Morgan fingerprint density at radius 1 is 1.00 bits per heavy atom. The van der Waals surface area contributed by atoms with Gasteiger partial charge in [-0.3, -0.25) is 0 Å². The molecule has 0 amide bonds. The van der Waals surface area contributed by atoms with E-state index in [9.17, 15) is 13.2 Å². The second kappa shape index (κ2) is 7.15. The van der Waals surface area contributed by atoms with Crippen LogP contribution in [-0.4, -0.2) is 18.8 Å². The van der Waals surface area contributed by atoms with Gasteiger partial charge >= 0.3 is 6.18 Å². The van der Waals surface area contributed by atoms with Crippen molar-refractivity contribution in [1.29, 1.82) is 0 Å². The lowest BCUT2D eigenvalue weighted by Crippen LogP contribution is -2.49. The largest absolute Gasteiger partial charge is 0.392 e. The van der Waals surface area contributed by atoms with Crippen molar-refractivity contribution >= 4 is 0 Å². The van der Waals surface area contributed by atoms with Crippen LogP contribution in [0.3, 0.4) is 0 Å². The minimum Gasteiger partial charge on any atom is -0.313 e. The van der Waals surface area contributed by atoms with E-state index in [4.69, 9.17) is 0 Å². The van der Waals surface area contributed by atoms with Crippen LogP contribution >= 0.6 is 0 Å². The standard InChI is InChI=1S/C16H28F3N/c1-2-11-20-15(12-7-3-4-8-12)13-9-5-6-10-14(13)16(17,18)19/h12-15,20H,2-11H2,1H3. The average Bonchev–Trinajstić information content (AvgIpc) is 2.92. The van der Waals surface area contributed by atoms with Gasteiger partial charge in [0.2, 0.25) is 0 Å². The predicted molar refractivity (Wildman–Crippen MR) is 75.5 cm³/mol. The molecule has 3 atom stereocenters. The molecule has 0 aromatic heterocycles. The van der Waals surface area contributed by atoms with Crippen molar-refractivity contribution < 1.29 is 13.2 Å². The van der Waals surface area contributed by atoms with Crippen molar-refractivity contribution in [2.24, 2.45) is 17.8 Å². The summed E-state index contributed by atoms with van der Waals surface area (Å²) in [7, 11) is 0. The monoisotopic (exact) mass is 291 g/mol. The van der Waals surface area contributed by atoms with Gasteiger partial charge in [0.15, 0.2) is 0 Å². The summed E-state index contributed by atoms with van der Waals surface area (Å²) in [4.78, 5) is 0. The number of rotatable bonds is 5. The third kappa shape index (κ3) is 3.90. The van der Waals surface area contributed by atoms with Gasteiger partial charge in [-0.2, -0.15) is 13.2 Å². The Bertz CT molecular complexity index is 284.